The first-order valence-corrected chi connectivity index (χ1v) is 4.94. The van der Waals surface area contributed by atoms with Crippen LogP contribution in [0.5, 0.6) is 0 Å². The maximum absolute atomic E-state index is 6.06. The van der Waals surface area contributed by atoms with Crippen LogP contribution in [0.2, 0.25) is 5.15 Å². The Bertz CT molecular complexity index is 563. The van der Waals surface area contributed by atoms with E-state index in [1.54, 1.807) is 0 Å². The third-order valence-electron chi connectivity index (χ3n) is 2.24. The number of hydrogen-bond acceptors (Lipinski definition) is 2. The molecule has 0 unspecified atom stereocenters. The highest BCUT2D eigenvalue weighted by Crippen LogP contribution is 2.25. The maximum Gasteiger partial charge on any atom is 0.146 e. The van der Waals surface area contributed by atoms with Gasteiger partial charge in [-0.3, -0.25) is 0 Å². The van der Waals surface area contributed by atoms with Gasteiger partial charge in [-0.05, 0) is 19.4 Å². The molecule has 0 aromatic carbocycles. The van der Waals surface area contributed by atoms with E-state index in [0.717, 1.165) is 16.6 Å². The minimum absolute atomic E-state index is 0.491. The van der Waals surface area contributed by atoms with Crippen molar-refractivity contribution in [2.24, 2.45) is 0 Å². The Morgan fingerprint density at radius 2 is 2.20 bits per heavy atom. The van der Waals surface area contributed by atoms with Gasteiger partial charge in [0.2, 0.25) is 0 Å². The molecule has 0 saturated heterocycles. The van der Waals surface area contributed by atoms with Crippen LogP contribution in [0.15, 0.2) is 6.20 Å². The Morgan fingerprint density at radius 1 is 1.47 bits per heavy atom. The third-order valence-corrected chi connectivity index (χ3v) is 2.51. The molecule has 0 aliphatic rings. The molecule has 0 bridgehead atoms. The standard InChI is InChI=1S/C11H10ClN3/c1-4-5-15-6-7(2)9-10(12)13-8(3)14-11(9)15/h1,6H,5H2,2-3H3. The number of halogens is 1. The van der Waals surface area contributed by atoms with Crippen LogP contribution in [-0.4, -0.2) is 14.5 Å². The van der Waals surface area contributed by atoms with Crippen molar-refractivity contribution in [1.29, 1.82) is 0 Å². The molecule has 2 rings (SSSR count). The van der Waals surface area contributed by atoms with E-state index in [0.29, 0.717) is 17.5 Å². The van der Waals surface area contributed by atoms with Gasteiger partial charge in [0.05, 0.1) is 11.9 Å². The number of rotatable bonds is 1. The molecule has 76 valence electrons. The van der Waals surface area contributed by atoms with Crippen LogP contribution in [0.3, 0.4) is 0 Å². The summed E-state index contributed by atoms with van der Waals surface area (Å²) in [5, 5.41) is 1.38. The first-order chi connectivity index (χ1) is 7.13. The zero-order valence-corrected chi connectivity index (χ0v) is 9.34. The molecule has 0 aliphatic heterocycles. The molecule has 0 fully saturated rings. The molecule has 2 aromatic rings. The number of aromatic nitrogens is 3. The van der Waals surface area contributed by atoms with Gasteiger partial charge < -0.3 is 4.57 Å². The average Bonchev–Trinajstić information content (AvgIpc) is 2.43. The fourth-order valence-electron chi connectivity index (χ4n) is 1.65. The van der Waals surface area contributed by atoms with Crippen LogP contribution in [-0.2, 0) is 6.54 Å². The molecule has 3 nitrogen and oxygen atoms in total. The summed E-state index contributed by atoms with van der Waals surface area (Å²) in [5.74, 6) is 3.24. The lowest BCUT2D eigenvalue weighted by Gasteiger charge is -2.00. The van der Waals surface area contributed by atoms with Gasteiger partial charge >= 0.3 is 0 Å². The van der Waals surface area contributed by atoms with Crippen LogP contribution in [0.1, 0.15) is 11.4 Å². The molecule has 0 atom stereocenters. The Kier molecular flexibility index (Phi) is 2.37. The lowest BCUT2D eigenvalue weighted by molar-refractivity contribution is 0.861. The Labute approximate surface area is 93.1 Å². The fourth-order valence-corrected chi connectivity index (χ4v) is 2.01. The second-order valence-corrected chi connectivity index (χ2v) is 3.76. The number of fused-ring (bicyclic) bond motifs is 1. The zero-order valence-electron chi connectivity index (χ0n) is 8.58. The molecule has 4 heteroatoms. The molecule has 0 saturated carbocycles. The summed E-state index contributed by atoms with van der Waals surface area (Å²) in [7, 11) is 0. The lowest BCUT2D eigenvalue weighted by atomic mass is 10.3. The minimum atomic E-state index is 0.491. The second kappa shape index (κ2) is 3.56. The summed E-state index contributed by atoms with van der Waals surface area (Å²) in [4.78, 5) is 8.47. The van der Waals surface area contributed by atoms with Gasteiger partial charge in [0, 0.05) is 6.20 Å². The van der Waals surface area contributed by atoms with Crippen LogP contribution in [0.4, 0.5) is 0 Å². The summed E-state index contributed by atoms with van der Waals surface area (Å²) in [6.07, 6.45) is 7.24. The zero-order chi connectivity index (χ0) is 11.0. The predicted molar refractivity (Wildman–Crippen MR) is 60.8 cm³/mol. The van der Waals surface area contributed by atoms with E-state index in [2.05, 4.69) is 15.9 Å². The lowest BCUT2D eigenvalue weighted by Crippen LogP contribution is -1.97. The van der Waals surface area contributed by atoms with Crippen molar-refractivity contribution < 1.29 is 0 Å². The van der Waals surface area contributed by atoms with Gasteiger partial charge in [-0.2, -0.15) is 0 Å². The van der Waals surface area contributed by atoms with E-state index in [1.165, 1.54) is 0 Å². The highest BCUT2D eigenvalue weighted by Gasteiger charge is 2.11. The van der Waals surface area contributed by atoms with Crippen molar-refractivity contribution in [2.75, 3.05) is 0 Å². The number of hydrogen-bond donors (Lipinski definition) is 0. The number of nitrogens with zero attached hydrogens (tertiary/aromatic N) is 3. The van der Waals surface area contributed by atoms with Gasteiger partial charge in [0.25, 0.3) is 0 Å². The normalized spacial score (nSPS) is 10.5. The molecule has 0 amide bonds. The first kappa shape index (κ1) is 10.0. The van der Waals surface area contributed by atoms with E-state index in [1.807, 2.05) is 24.6 Å². The van der Waals surface area contributed by atoms with Crippen molar-refractivity contribution in [2.45, 2.75) is 20.4 Å². The van der Waals surface area contributed by atoms with Crippen LogP contribution < -0.4 is 0 Å². The summed E-state index contributed by atoms with van der Waals surface area (Å²) in [5.41, 5.74) is 1.85. The van der Waals surface area contributed by atoms with Gasteiger partial charge in [-0.25, -0.2) is 9.97 Å². The molecule has 0 aliphatic carbocycles. The van der Waals surface area contributed by atoms with E-state index in [9.17, 15) is 0 Å². The van der Waals surface area contributed by atoms with Crippen LogP contribution in [0, 0.1) is 26.2 Å². The second-order valence-electron chi connectivity index (χ2n) is 3.40. The van der Waals surface area contributed by atoms with E-state index in [4.69, 9.17) is 18.0 Å². The van der Waals surface area contributed by atoms with Crippen molar-refractivity contribution in [3.8, 4) is 12.3 Å². The summed E-state index contributed by atoms with van der Waals surface area (Å²) >= 11 is 6.06. The largest absolute Gasteiger partial charge is 0.320 e. The molecule has 2 aromatic heterocycles. The van der Waals surface area contributed by atoms with Crippen LogP contribution >= 0.6 is 11.6 Å². The predicted octanol–water partition coefficient (Wildman–Crippen LogP) is 2.33. The Balaban J connectivity index is 2.82. The minimum Gasteiger partial charge on any atom is -0.320 e. The highest BCUT2D eigenvalue weighted by atomic mass is 35.5. The summed E-state index contributed by atoms with van der Waals surface area (Å²) in [6.45, 7) is 4.28. The fraction of sp³-hybridized carbons (Fsp3) is 0.273. The Morgan fingerprint density at radius 3 is 2.87 bits per heavy atom. The third kappa shape index (κ3) is 1.57. The van der Waals surface area contributed by atoms with Gasteiger partial charge in [-0.15, -0.1) is 6.42 Å². The average molecular weight is 220 g/mol. The van der Waals surface area contributed by atoms with Crippen molar-refractivity contribution >= 4 is 22.6 Å². The monoisotopic (exact) mass is 219 g/mol. The number of aryl methyl sites for hydroxylation is 2. The molecule has 2 heterocycles. The van der Waals surface area contributed by atoms with Crippen LogP contribution in [0.25, 0.3) is 11.0 Å². The maximum atomic E-state index is 6.06. The van der Waals surface area contributed by atoms with E-state index < -0.39 is 0 Å². The summed E-state index contributed by atoms with van der Waals surface area (Å²) in [6, 6.07) is 0. The first-order valence-electron chi connectivity index (χ1n) is 4.56. The molecule has 0 N–H and O–H groups in total. The molecular formula is C11H10ClN3. The Hall–Kier alpha value is -1.53. The smallest absolute Gasteiger partial charge is 0.146 e. The van der Waals surface area contributed by atoms with Crippen molar-refractivity contribution in [3.63, 3.8) is 0 Å². The molecule has 15 heavy (non-hydrogen) atoms. The molecule has 0 radical (unpaired) electrons. The van der Waals surface area contributed by atoms with Crippen molar-refractivity contribution in [3.05, 3.63) is 22.7 Å². The molecule has 0 spiro atoms. The van der Waals surface area contributed by atoms with Crippen molar-refractivity contribution in [1.82, 2.24) is 14.5 Å². The topological polar surface area (TPSA) is 30.7 Å². The van der Waals surface area contributed by atoms with Gasteiger partial charge in [-0.1, -0.05) is 17.5 Å². The SMILES string of the molecule is C#CCn1cc(C)c2c(Cl)nc(C)nc21. The summed E-state index contributed by atoms with van der Waals surface area (Å²) < 4.78 is 1.91. The van der Waals surface area contributed by atoms with E-state index in [-0.39, 0.29) is 0 Å². The molecular weight excluding hydrogens is 210 g/mol. The quantitative estimate of drug-likeness (QED) is 0.545. The van der Waals surface area contributed by atoms with Gasteiger partial charge in [0.15, 0.2) is 0 Å². The van der Waals surface area contributed by atoms with Gasteiger partial charge in [0.1, 0.15) is 16.6 Å². The number of terminal acetylenes is 1. The van der Waals surface area contributed by atoms with E-state index >= 15 is 0 Å². The highest BCUT2D eigenvalue weighted by molar-refractivity contribution is 6.34.